The summed E-state index contributed by atoms with van der Waals surface area (Å²) in [4.78, 5) is 14.6. The average molecular weight is 527 g/mol. The van der Waals surface area contributed by atoms with Crippen molar-refractivity contribution in [1.82, 2.24) is 9.21 Å². The fourth-order valence-electron chi connectivity index (χ4n) is 4.19. The highest BCUT2D eigenvalue weighted by Crippen LogP contribution is 2.31. The molecule has 0 aromatic heterocycles. The number of halogens is 3. The van der Waals surface area contributed by atoms with Crippen molar-refractivity contribution in [3.05, 3.63) is 59.2 Å². The number of hydrogen-bond acceptors (Lipinski definition) is 4. The highest BCUT2D eigenvalue weighted by atomic mass is 32.2. The van der Waals surface area contributed by atoms with Gasteiger partial charge in [-0.1, -0.05) is 26.0 Å². The quantitative estimate of drug-likeness (QED) is 0.452. The molecular weight excluding hydrogens is 493 g/mol. The summed E-state index contributed by atoms with van der Waals surface area (Å²) in [5, 5.41) is 0. The van der Waals surface area contributed by atoms with Gasteiger partial charge in [0.05, 0.1) is 17.1 Å². The van der Waals surface area contributed by atoms with Crippen molar-refractivity contribution in [2.24, 2.45) is 5.41 Å². The van der Waals surface area contributed by atoms with Crippen LogP contribution >= 0.6 is 0 Å². The third-order valence-electron chi connectivity index (χ3n) is 6.47. The maximum absolute atomic E-state index is 13.2. The van der Waals surface area contributed by atoms with E-state index >= 15 is 0 Å². The molecule has 0 spiro atoms. The number of hydrogen-bond donors (Lipinski definition) is 0. The summed E-state index contributed by atoms with van der Waals surface area (Å²) in [7, 11) is -3.95. The van der Waals surface area contributed by atoms with Gasteiger partial charge in [0.1, 0.15) is 5.75 Å². The minimum Gasteiger partial charge on any atom is -0.493 e. The summed E-state index contributed by atoms with van der Waals surface area (Å²) in [6.07, 6.45) is -3.23. The molecule has 1 aliphatic rings. The second kappa shape index (κ2) is 10.8. The predicted octanol–water partition coefficient (Wildman–Crippen LogP) is 5.04. The highest BCUT2D eigenvalue weighted by molar-refractivity contribution is 7.89. The first kappa shape index (κ1) is 28.0. The van der Waals surface area contributed by atoms with Gasteiger partial charge in [-0.2, -0.15) is 17.5 Å². The van der Waals surface area contributed by atoms with E-state index < -0.39 is 27.2 Å². The Labute approximate surface area is 211 Å². The fourth-order valence-corrected chi connectivity index (χ4v) is 5.61. The van der Waals surface area contributed by atoms with Crippen LogP contribution in [-0.4, -0.2) is 56.3 Å². The summed E-state index contributed by atoms with van der Waals surface area (Å²) in [6.45, 7) is 8.84. The number of piperazine rings is 1. The highest BCUT2D eigenvalue weighted by Gasteiger charge is 2.36. The number of rotatable bonds is 8. The van der Waals surface area contributed by atoms with Crippen LogP contribution in [0.4, 0.5) is 13.2 Å². The minimum atomic E-state index is -4.53. The maximum atomic E-state index is 13.2. The third kappa shape index (κ3) is 6.59. The van der Waals surface area contributed by atoms with Gasteiger partial charge in [-0.3, -0.25) is 4.79 Å². The molecule has 1 fully saturated rings. The monoisotopic (exact) mass is 526 g/mol. The smallest absolute Gasteiger partial charge is 0.416 e. The fraction of sp³-hybridized carbons (Fsp3) is 0.500. The molecule has 0 aliphatic carbocycles. The number of nitrogens with zero attached hydrogens (tertiary/aromatic N) is 2. The first-order valence-corrected chi connectivity index (χ1v) is 13.3. The molecule has 1 heterocycles. The van der Waals surface area contributed by atoms with Crippen LogP contribution in [0.2, 0.25) is 0 Å². The molecule has 1 aliphatic heterocycles. The van der Waals surface area contributed by atoms with Gasteiger partial charge >= 0.3 is 6.18 Å². The lowest BCUT2D eigenvalue weighted by Crippen LogP contribution is -2.53. The molecule has 0 N–H and O–H groups in total. The number of sulfonamides is 1. The standard InChI is InChI=1S/C26H33F3N2O4S/c1-19-6-7-20(2)23(18-19)35-17-5-12-25(3,4)24(32)30-13-15-31(16-14-30)36(33,34)22-10-8-21(9-11-22)26(27,28)29/h6-11,18H,5,12-17H2,1-4H3. The van der Waals surface area contributed by atoms with Gasteiger partial charge in [0, 0.05) is 31.6 Å². The molecular formula is C26H33F3N2O4S. The van der Waals surface area contributed by atoms with E-state index in [2.05, 4.69) is 0 Å². The molecule has 0 atom stereocenters. The Morgan fingerprint density at radius 2 is 1.58 bits per heavy atom. The van der Waals surface area contributed by atoms with Crippen LogP contribution in [0, 0.1) is 19.3 Å². The molecule has 198 valence electrons. The number of ether oxygens (including phenoxy) is 1. The van der Waals surface area contributed by atoms with E-state index in [-0.39, 0.29) is 37.0 Å². The number of benzene rings is 2. The van der Waals surface area contributed by atoms with Gasteiger partial charge in [0.25, 0.3) is 0 Å². The maximum Gasteiger partial charge on any atom is 0.416 e. The summed E-state index contributed by atoms with van der Waals surface area (Å²) >= 11 is 0. The summed E-state index contributed by atoms with van der Waals surface area (Å²) in [5.41, 5.74) is 0.628. The number of alkyl halides is 3. The Morgan fingerprint density at radius 3 is 2.17 bits per heavy atom. The molecule has 3 rings (SSSR count). The van der Waals surface area contributed by atoms with Crippen LogP contribution in [-0.2, 0) is 21.0 Å². The molecule has 10 heteroatoms. The lowest BCUT2D eigenvalue weighted by Gasteiger charge is -2.38. The lowest BCUT2D eigenvalue weighted by molar-refractivity contribution is -0.142. The van der Waals surface area contributed by atoms with Crippen molar-refractivity contribution in [3.8, 4) is 5.75 Å². The van der Waals surface area contributed by atoms with E-state index in [1.54, 1.807) is 4.90 Å². The van der Waals surface area contributed by atoms with Crippen molar-refractivity contribution in [2.45, 2.75) is 51.6 Å². The molecule has 2 aromatic carbocycles. The van der Waals surface area contributed by atoms with Gasteiger partial charge < -0.3 is 9.64 Å². The van der Waals surface area contributed by atoms with Gasteiger partial charge in [0.2, 0.25) is 15.9 Å². The van der Waals surface area contributed by atoms with E-state index in [4.69, 9.17) is 4.74 Å². The summed E-state index contributed by atoms with van der Waals surface area (Å²) in [6, 6.07) is 9.49. The normalized spacial score (nSPS) is 15.7. The Hall–Kier alpha value is -2.59. The topological polar surface area (TPSA) is 66.9 Å². The number of carbonyl (C=O) groups is 1. The average Bonchev–Trinajstić information content (AvgIpc) is 2.83. The van der Waals surface area contributed by atoms with E-state index in [1.807, 2.05) is 45.9 Å². The van der Waals surface area contributed by atoms with Crippen molar-refractivity contribution in [2.75, 3.05) is 32.8 Å². The number of amides is 1. The summed E-state index contributed by atoms with van der Waals surface area (Å²) in [5.74, 6) is 0.783. The minimum absolute atomic E-state index is 0.0548. The zero-order valence-electron chi connectivity index (χ0n) is 21.1. The largest absolute Gasteiger partial charge is 0.493 e. The van der Waals surface area contributed by atoms with E-state index in [1.165, 1.54) is 4.31 Å². The second-order valence-electron chi connectivity index (χ2n) is 9.82. The van der Waals surface area contributed by atoms with Gasteiger partial charge in [0.15, 0.2) is 0 Å². The summed E-state index contributed by atoms with van der Waals surface area (Å²) < 4.78 is 71.2. The van der Waals surface area contributed by atoms with Crippen LogP contribution in [0.25, 0.3) is 0 Å². The predicted molar refractivity (Wildman–Crippen MR) is 131 cm³/mol. The van der Waals surface area contributed by atoms with E-state index in [9.17, 15) is 26.4 Å². The molecule has 0 saturated carbocycles. The molecule has 6 nitrogen and oxygen atoms in total. The van der Waals surface area contributed by atoms with Crippen LogP contribution in [0.3, 0.4) is 0 Å². The van der Waals surface area contributed by atoms with Crippen molar-refractivity contribution >= 4 is 15.9 Å². The van der Waals surface area contributed by atoms with Crippen LogP contribution in [0.5, 0.6) is 5.75 Å². The molecule has 1 saturated heterocycles. The van der Waals surface area contributed by atoms with Gasteiger partial charge in [-0.15, -0.1) is 0 Å². The molecule has 1 amide bonds. The molecule has 36 heavy (non-hydrogen) atoms. The van der Waals surface area contributed by atoms with Crippen LogP contribution in [0.15, 0.2) is 47.4 Å². The van der Waals surface area contributed by atoms with E-state index in [0.29, 0.717) is 19.4 Å². The third-order valence-corrected chi connectivity index (χ3v) is 8.38. The number of aryl methyl sites for hydroxylation is 2. The Balaban J connectivity index is 1.52. The van der Waals surface area contributed by atoms with Gasteiger partial charge in [-0.05, 0) is 68.1 Å². The van der Waals surface area contributed by atoms with Crippen molar-refractivity contribution in [1.29, 1.82) is 0 Å². The Morgan fingerprint density at radius 1 is 0.972 bits per heavy atom. The second-order valence-corrected chi connectivity index (χ2v) is 11.8. The first-order valence-electron chi connectivity index (χ1n) is 11.9. The van der Waals surface area contributed by atoms with Crippen molar-refractivity contribution < 1.29 is 31.1 Å². The SMILES string of the molecule is Cc1ccc(C)c(OCCCC(C)(C)C(=O)N2CCN(S(=O)(=O)c3ccc(C(F)(F)F)cc3)CC2)c1. The molecule has 0 unspecified atom stereocenters. The first-order chi connectivity index (χ1) is 16.7. The Kier molecular flexibility index (Phi) is 8.40. The molecule has 2 aromatic rings. The van der Waals surface area contributed by atoms with Gasteiger partial charge in [-0.25, -0.2) is 8.42 Å². The van der Waals surface area contributed by atoms with Crippen molar-refractivity contribution in [3.63, 3.8) is 0 Å². The zero-order valence-corrected chi connectivity index (χ0v) is 21.9. The number of carbonyl (C=O) groups excluding carboxylic acids is 1. The molecule has 0 radical (unpaired) electrons. The zero-order chi connectivity index (χ0) is 26.7. The van der Waals surface area contributed by atoms with Crippen LogP contribution in [0.1, 0.15) is 43.4 Å². The Bertz CT molecular complexity index is 1170. The molecule has 0 bridgehead atoms. The van der Waals surface area contributed by atoms with Crippen LogP contribution < -0.4 is 4.74 Å². The van der Waals surface area contributed by atoms with E-state index in [0.717, 1.165) is 41.1 Å². The lowest BCUT2D eigenvalue weighted by atomic mass is 9.86.